The summed E-state index contributed by atoms with van der Waals surface area (Å²) < 4.78 is 0. The summed E-state index contributed by atoms with van der Waals surface area (Å²) in [4.78, 5) is 27.8. The minimum atomic E-state index is -0.0299. The van der Waals surface area contributed by atoms with Crippen LogP contribution in [-0.2, 0) is 13.1 Å². The predicted octanol–water partition coefficient (Wildman–Crippen LogP) is 1.14. The smallest absolute Gasteiger partial charge is 0.257 e. The Morgan fingerprint density at radius 1 is 1.07 bits per heavy atom. The first-order valence-corrected chi connectivity index (χ1v) is 9.52. The molecule has 1 aromatic heterocycles. The number of carbonyl (C=O) groups excluding carboxylic acids is 1. The molecule has 1 saturated heterocycles. The molecule has 0 radical (unpaired) electrons. The summed E-state index contributed by atoms with van der Waals surface area (Å²) in [5.41, 5.74) is 2.73. The van der Waals surface area contributed by atoms with E-state index >= 15 is 0 Å². The largest absolute Gasteiger partial charge is 0.396 e. The van der Waals surface area contributed by atoms with Gasteiger partial charge in [0.05, 0.1) is 17.8 Å². The monoisotopic (exact) mass is 367 g/mol. The summed E-state index contributed by atoms with van der Waals surface area (Å²) in [6, 6.07) is 10.5. The van der Waals surface area contributed by atoms with Crippen molar-refractivity contribution in [2.24, 2.45) is 0 Å². The van der Waals surface area contributed by atoms with E-state index in [1.165, 1.54) is 5.56 Å². The van der Waals surface area contributed by atoms with Crippen LogP contribution >= 0.6 is 0 Å². The lowest BCUT2D eigenvalue weighted by Crippen LogP contribution is -2.46. The molecule has 1 aromatic carbocycles. The zero-order chi connectivity index (χ0) is 18.6. The molecule has 7 nitrogen and oxygen atoms in total. The van der Waals surface area contributed by atoms with Crippen LogP contribution in [0.25, 0.3) is 0 Å². The average molecular weight is 367 g/mol. The van der Waals surface area contributed by atoms with Gasteiger partial charge in [-0.05, 0) is 12.0 Å². The van der Waals surface area contributed by atoms with Crippen molar-refractivity contribution in [3.05, 3.63) is 53.3 Å². The summed E-state index contributed by atoms with van der Waals surface area (Å²) in [5, 5.41) is 8.98. The number of aromatic nitrogens is 2. The van der Waals surface area contributed by atoms with Gasteiger partial charge in [0.15, 0.2) is 0 Å². The standard InChI is InChI=1S/C20H25N5O2/c26-12-4-7-25-15-18-17(19(25)27)13-21-20(22-18)24-10-8-23(9-11-24)14-16-5-2-1-3-6-16/h1-3,5-6,13,26H,4,7-12,14-15H2. The van der Waals surface area contributed by atoms with Crippen LogP contribution < -0.4 is 4.90 Å². The van der Waals surface area contributed by atoms with Gasteiger partial charge in [-0.25, -0.2) is 9.97 Å². The first-order valence-electron chi connectivity index (χ1n) is 9.52. The molecule has 0 bridgehead atoms. The highest BCUT2D eigenvalue weighted by Gasteiger charge is 2.30. The van der Waals surface area contributed by atoms with Crippen LogP contribution in [0.1, 0.15) is 28.0 Å². The minimum absolute atomic E-state index is 0.0299. The molecule has 142 valence electrons. The van der Waals surface area contributed by atoms with Crippen molar-refractivity contribution < 1.29 is 9.90 Å². The van der Waals surface area contributed by atoms with E-state index in [4.69, 9.17) is 5.11 Å². The lowest BCUT2D eigenvalue weighted by Gasteiger charge is -2.34. The Morgan fingerprint density at radius 2 is 1.85 bits per heavy atom. The maximum absolute atomic E-state index is 12.4. The van der Waals surface area contributed by atoms with Crippen molar-refractivity contribution in [3.63, 3.8) is 0 Å². The van der Waals surface area contributed by atoms with Crippen molar-refractivity contribution in [3.8, 4) is 0 Å². The summed E-state index contributed by atoms with van der Waals surface area (Å²) >= 11 is 0. The van der Waals surface area contributed by atoms with Gasteiger partial charge in [0.1, 0.15) is 0 Å². The van der Waals surface area contributed by atoms with E-state index in [1.807, 2.05) is 6.07 Å². The molecular formula is C20H25N5O2. The molecule has 7 heteroatoms. The van der Waals surface area contributed by atoms with Crippen LogP contribution in [0, 0.1) is 0 Å². The third-order valence-electron chi connectivity index (χ3n) is 5.20. The number of amides is 1. The third kappa shape index (κ3) is 3.94. The number of rotatable bonds is 6. The van der Waals surface area contributed by atoms with Crippen molar-refractivity contribution in [2.45, 2.75) is 19.5 Å². The first kappa shape index (κ1) is 17.9. The molecule has 4 rings (SSSR count). The zero-order valence-corrected chi connectivity index (χ0v) is 15.4. The van der Waals surface area contributed by atoms with E-state index in [1.54, 1.807) is 11.1 Å². The Kier molecular flexibility index (Phi) is 5.31. The Labute approximate surface area is 159 Å². The fraction of sp³-hybridized carbons (Fsp3) is 0.450. The van der Waals surface area contributed by atoms with E-state index in [2.05, 4.69) is 44.0 Å². The van der Waals surface area contributed by atoms with Crippen LogP contribution in [0.5, 0.6) is 0 Å². The van der Waals surface area contributed by atoms with Gasteiger partial charge >= 0.3 is 0 Å². The zero-order valence-electron chi connectivity index (χ0n) is 15.4. The number of nitrogens with zero attached hydrogens (tertiary/aromatic N) is 5. The van der Waals surface area contributed by atoms with Gasteiger partial charge in [0.25, 0.3) is 5.91 Å². The van der Waals surface area contributed by atoms with Gasteiger partial charge in [-0.15, -0.1) is 0 Å². The highest BCUT2D eigenvalue weighted by Crippen LogP contribution is 2.23. The molecule has 2 aliphatic heterocycles. The van der Waals surface area contributed by atoms with E-state index in [0.29, 0.717) is 31.0 Å². The predicted molar refractivity (Wildman–Crippen MR) is 102 cm³/mol. The topological polar surface area (TPSA) is 72.8 Å². The molecule has 3 heterocycles. The fourth-order valence-corrected chi connectivity index (χ4v) is 3.67. The summed E-state index contributed by atoms with van der Waals surface area (Å²) in [5.74, 6) is 0.683. The number of aliphatic hydroxyl groups excluding tert-OH is 1. The SMILES string of the molecule is O=C1c2cnc(N3CCN(Cc4ccccc4)CC3)nc2CN1CCCO. The van der Waals surface area contributed by atoms with Gasteiger partial charge < -0.3 is 14.9 Å². The quantitative estimate of drug-likeness (QED) is 0.825. The first-order chi connectivity index (χ1) is 13.2. The van der Waals surface area contributed by atoms with Crippen LogP contribution in [-0.4, -0.2) is 70.1 Å². The van der Waals surface area contributed by atoms with Crippen molar-refractivity contribution in [1.29, 1.82) is 0 Å². The molecule has 1 N–H and O–H groups in total. The number of aliphatic hydroxyl groups is 1. The van der Waals surface area contributed by atoms with Gasteiger partial charge in [0.2, 0.25) is 5.95 Å². The van der Waals surface area contributed by atoms with E-state index in [-0.39, 0.29) is 12.5 Å². The minimum Gasteiger partial charge on any atom is -0.396 e. The number of hydrogen-bond donors (Lipinski definition) is 1. The van der Waals surface area contributed by atoms with Crippen LogP contribution in [0.2, 0.25) is 0 Å². The molecule has 2 aliphatic rings. The number of hydrogen-bond acceptors (Lipinski definition) is 6. The lowest BCUT2D eigenvalue weighted by atomic mass is 10.2. The highest BCUT2D eigenvalue weighted by atomic mass is 16.3. The molecule has 1 amide bonds. The highest BCUT2D eigenvalue weighted by molar-refractivity contribution is 5.97. The second kappa shape index (κ2) is 8.02. The van der Waals surface area contributed by atoms with Gasteiger partial charge in [-0.1, -0.05) is 30.3 Å². The molecular weight excluding hydrogens is 342 g/mol. The second-order valence-corrected chi connectivity index (χ2v) is 7.08. The van der Waals surface area contributed by atoms with Crippen LogP contribution in [0.4, 0.5) is 5.95 Å². The van der Waals surface area contributed by atoms with Crippen molar-refractivity contribution in [1.82, 2.24) is 19.8 Å². The normalized spacial score (nSPS) is 17.4. The fourth-order valence-electron chi connectivity index (χ4n) is 3.67. The molecule has 27 heavy (non-hydrogen) atoms. The molecule has 1 fully saturated rings. The van der Waals surface area contributed by atoms with Crippen LogP contribution in [0.15, 0.2) is 36.5 Å². The van der Waals surface area contributed by atoms with Gasteiger partial charge in [-0.3, -0.25) is 9.69 Å². The number of fused-ring (bicyclic) bond motifs is 1. The van der Waals surface area contributed by atoms with Crippen molar-refractivity contribution in [2.75, 3.05) is 44.2 Å². The Bertz CT molecular complexity index is 790. The molecule has 0 saturated carbocycles. The molecule has 0 aliphatic carbocycles. The number of benzene rings is 1. The molecule has 0 unspecified atom stereocenters. The maximum atomic E-state index is 12.4. The number of anilines is 1. The summed E-state index contributed by atoms with van der Waals surface area (Å²) in [7, 11) is 0. The molecule has 2 aromatic rings. The van der Waals surface area contributed by atoms with E-state index in [0.717, 1.165) is 38.4 Å². The number of piperazine rings is 1. The number of carbonyl (C=O) groups is 1. The third-order valence-corrected chi connectivity index (χ3v) is 5.20. The molecule has 0 spiro atoms. The van der Waals surface area contributed by atoms with Gasteiger partial charge in [0, 0.05) is 52.1 Å². The molecule has 0 atom stereocenters. The Balaban J connectivity index is 1.37. The van der Waals surface area contributed by atoms with E-state index < -0.39 is 0 Å². The lowest BCUT2D eigenvalue weighted by molar-refractivity contribution is 0.0767. The van der Waals surface area contributed by atoms with Gasteiger partial charge in [-0.2, -0.15) is 0 Å². The average Bonchev–Trinajstić information content (AvgIpc) is 3.03. The van der Waals surface area contributed by atoms with Crippen LogP contribution in [0.3, 0.4) is 0 Å². The van der Waals surface area contributed by atoms with E-state index in [9.17, 15) is 4.79 Å². The summed E-state index contributed by atoms with van der Waals surface area (Å²) in [6.45, 7) is 5.82. The Morgan fingerprint density at radius 3 is 2.59 bits per heavy atom. The van der Waals surface area contributed by atoms with Crippen molar-refractivity contribution >= 4 is 11.9 Å². The Hall–Kier alpha value is -2.51. The summed E-state index contributed by atoms with van der Waals surface area (Å²) in [6.07, 6.45) is 2.25. The second-order valence-electron chi connectivity index (χ2n) is 7.08. The maximum Gasteiger partial charge on any atom is 0.257 e.